The van der Waals surface area contributed by atoms with Crippen molar-refractivity contribution in [3.63, 3.8) is 0 Å². The highest BCUT2D eigenvalue weighted by Gasteiger charge is 2.15. The number of para-hydroxylation sites is 1. The number of nitrogens with one attached hydrogen (secondary N) is 1. The fourth-order valence-corrected chi connectivity index (χ4v) is 2.23. The maximum atomic E-state index is 12.9. The summed E-state index contributed by atoms with van der Waals surface area (Å²) in [5, 5.41) is 10.4. The standard InChI is InChI=1S/C16H11FN2/c17-13-7-5-11(6-8-13)14(10-18)16-9-12-3-1-2-4-15(12)19-16/h1-9,14,19H. The average molecular weight is 250 g/mol. The maximum absolute atomic E-state index is 12.9. The Morgan fingerprint density at radius 1 is 1.05 bits per heavy atom. The number of halogens is 1. The second-order valence-electron chi connectivity index (χ2n) is 4.43. The van der Waals surface area contributed by atoms with Crippen LogP contribution in [0.1, 0.15) is 17.2 Å². The summed E-state index contributed by atoms with van der Waals surface area (Å²) in [7, 11) is 0. The first kappa shape index (κ1) is 11.5. The number of nitrogens with zero attached hydrogens (tertiary/aromatic N) is 1. The van der Waals surface area contributed by atoms with Crippen molar-refractivity contribution >= 4 is 10.9 Å². The zero-order valence-electron chi connectivity index (χ0n) is 10.1. The van der Waals surface area contributed by atoms with E-state index in [1.54, 1.807) is 12.1 Å². The van der Waals surface area contributed by atoms with Gasteiger partial charge in [-0.15, -0.1) is 0 Å². The van der Waals surface area contributed by atoms with Crippen LogP contribution in [0.25, 0.3) is 10.9 Å². The third-order valence-electron chi connectivity index (χ3n) is 3.19. The van der Waals surface area contributed by atoms with Crippen LogP contribution in [0.2, 0.25) is 0 Å². The van der Waals surface area contributed by atoms with Gasteiger partial charge in [0.15, 0.2) is 0 Å². The molecule has 0 saturated carbocycles. The van der Waals surface area contributed by atoms with E-state index in [0.29, 0.717) is 0 Å². The van der Waals surface area contributed by atoms with Gasteiger partial charge in [0.25, 0.3) is 0 Å². The predicted octanol–water partition coefficient (Wildman–Crippen LogP) is 3.96. The molecule has 3 heteroatoms. The lowest BCUT2D eigenvalue weighted by molar-refractivity contribution is 0.627. The van der Waals surface area contributed by atoms with Crippen molar-refractivity contribution in [1.29, 1.82) is 5.26 Å². The Kier molecular flexibility index (Phi) is 2.77. The molecule has 0 saturated heterocycles. The molecule has 3 rings (SSSR count). The van der Waals surface area contributed by atoms with Crippen molar-refractivity contribution in [1.82, 2.24) is 4.98 Å². The summed E-state index contributed by atoms with van der Waals surface area (Å²) in [5.74, 6) is -0.704. The van der Waals surface area contributed by atoms with E-state index in [-0.39, 0.29) is 5.82 Å². The van der Waals surface area contributed by atoms with Gasteiger partial charge in [-0.05, 0) is 35.2 Å². The summed E-state index contributed by atoms with van der Waals surface area (Å²) >= 11 is 0. The second kappa shape index (κ2) is 4.58. The van der Waals surface area contributed by atoms with Crippen LogP contribution in [0.15, 0.2) is 54.6 Å². The maximum Gasteiger partial charge on any atom is 0.123 e. The summed E-state index contributed by atoms with van der Waals surface area (Å²) in [4.78, 5) is 3.24. The molecule has 0 amide bonds. The van der Waals surface area contributed by atoms with E-state index in [0.717, 1.165) is 22.2 Å². The fourth-order valence-electron chi connectivity index (χ4n) is 2.23. The summed E-state index contributed by atoms with van der Waals surface area (Å²) in [5.41, 5.74) is 2.62. The molecule has 19 heavy (non-hydrogen) atoms. The normalized spacial score (nSPS) is 12.2. The molecule has 2 aromatic carbocycles. The molecule has 1 N–H and O–H groups in total. The number of benzene rings is 2. The van der Waals surface area contributed by atoms with Crippen molar-refractivity contribution in [3.05, 3.63) is 71.7 Å². The molecule has 0 radical (unpaired) electrons. The highest BCUT2D eigenvalue weighted by atomic mass is 19.1. The molecule has 1 heterocycles. The highest BCUT2D eigenvalue weighted by Crippen LogP contribution is 2.26. The first-order chi connectivity index (χ1) is 9.28. The van der Waals surface area contributed by atoms with Crippen molar-refractivity contribution < 1.29 is 4.39 Å². The Morgan fingerprint density at radius 3 is 2.47 bits per heavy atom. The number of aromatic amines is 1. The Morgan fingerprint density at radius 2 is 1.79 bits per heavy atom. The molecule has 0 fully saturated rings. The van der Waals surface area contributed by atoms with Gasteiger partial charge in [-0.2, -0.15) is 5.26 Å². The molecular formula is C16H11FN2. The quantitative estimate of drug-likeness (QED) is 0.734. The van der Waals surface area contributed by atoms with Crippen molar-refractivity contribution in [2.45, 2.75) is 5.92 Å². The Labute approximate surface area is 110 Å². The molecule has 1 atom stereocenters. The van der Waals surface area contributed by atoms with Crippen LogP contribution < -0.4 is 0 Å². The lowest BCUT2D eigenvalue weighted by Crippen LogP contribution is -1.98. The van der Waals surface area contributed by atoms with E-state index < -0.39 is 5.92 Å². The predicted molar refractivity (Wildman–Crippen MR) is 72.2 cm³/mol. The summed E-state index contributed by atoms with van der Waals surface area (Å²) in [6.07, 6.45) is 0. The van der Waals surface area contributed by atoms with E-state index >= 15 is 0 Å². The van der Waals surface area contributed by atoms with Gasteiger partial charge >= 0.3 is 0 Å². The lowest BCUT2D eigenvalue weighted by atomic mass is 9.97. The average Bonchev–Trinajstić information content (AvgIpc) is 2.85. The molecule has 92 valence electrons. The van der Waals surface area contributed by atoms with Gasteiger partial charge in [0.2, 0.25) is 0 Å². The van der Waals surface area contributed by atoms with Crippen LogP contribution >= 0.6 is 0 Å². The van der Waals surface area contributed by atoms with E-state index in [4.69, 9.17) is 0 Å². The number of fused-ring (bicyclic) bond motifs is 1. The summed E-state index contributed by atoms with van der Waals surface area (Å²) in [6, 6.07) is 18.1. The van der Waals surface area contributed by atoms with Crippen LogP contribution in [0, 0.1) is 17.1 Å². The number of aromatic nitrogens is 1. The van der Waals surface area contributed by atoms with Gasteiger partial charge in [0, 0.05) is 11.2 Å². The monoisotopic (exact) mass is 250 g/mol. The smallest absolute Gasteiger partial charge is 0.123 e. The molecule has 0 aliphatic carbocycles. The van der Waals surface area contributed by atoms with Gasteiger partial charge in [-0.3, -0.25) is 0 Å². The summed E-state index contributed by atoms with van der Waals surface area (Å²) in [6.45, 7) is 0. The van der Waals surface area contributed by atoms with E-state index in [1.165, 1.54) is 12.1 Å². The first-order valence-corrected chi connectivity index (χ1v) is 6.00. The minimum Gasteiger partial charge on any atom is -0.357 e. The van der Waals surface area contributed by atoms with Gasteiger partial charge in [-0.25, -0.2) is 4.39 Å². The zero-order valence-corrected chi connectivity index (χ0v) is 10.1. The first-order valence-electron chi connectivity index (χ1n) is 6.00. The Balaban J connectivity index is 2.07. The van der Waals surface area contributed by atoms with Gasteiger partial charge < -0.3 is 4.98 Å². The topological polar surface area (TPSA) is 39.6 Å². The van der Waals surface area contributed by atoms with Crippen molar-refractivity contribution in [2.75, 3.05) is 0 Å². The molecule has 3 aromatic rings. The Bertz CT molecular complexity index is 717. The van der Waals surface area contributed by atoms with E-state index in [1.807, 2.05) is 30.3 Å². The minimum atomic E-state index is -0.409. The molecule has 1 unspecified atom stereocenters. The van der Waals surface area contributed by atoms with E-state index in [9.17, 15) is 9.65 Å². The van der Waals surface area contributed by atoms with Gasteiger partial charge in [-0.1, -0.05) is 30.3 Å². The minimum absolute atomic E-state index is 0.294. The number of hydrogen-bond donors (Lipinski definition) is 1. The molecular weight excluding hydrogens is 239 g/mol. The number of rotatable bonds is 2. The van der Waals surface area contributed by atoms with Crippen LogP contribution in [0.3, 0.4) is 0 Å². The molecule has 0 aliphatic heterocycles. The van der Waals surface area contributed by atoms with E-state index in [2.05, 4.69) is 11.1 Å². The third-order valence-corrected chi connectivity index (χ3v) is 3.19. The number of hydrogen-bond acceptors (Lipinski definition) is 1. The third kappa shape index (κ3) is 2.09. The molecule has 2 nitrogen and oxygen atoms in total. The molecule has 0 spiro atoms. The Hall–Kier alpha value is -2.60. The molecule has 0 aliphatic rings. The SMILES string of the molecule is N#CC(c1ccc(F)cc1)c1cc2ccccc2[nH]1. The van der Waals surface area contributed by atoms with Crippen molar-refractivity contribution in [2.24, 2.45) is 0 Å². The van der Waals surface area contributed by atoms with Gasteiger partial charge in [0.1, 0.15) is 11.7 Å². The fraction of sp³-hybridized carbons (Fsp3) is 0.0625. The van der Waals surface area contributed by atoms with Crippen LogP contribution in [-0.4, -0.2) is 4.98 Å². The number of nitriles is 1. The van der Waals surface area contributed by atoms with Crippen LogP contribution in [0.4, 0.5) is 4.39 Å². The zero-order chi connectivity index (χ0) is 13.2. The second-order valence-corrected chi connectivity index (χ2v) is 4.43. The van der Waals surface area contributed by atoms with Crippen LogP contribution in [0.5, 0.6) is 0 Å². The lowest BCUT2D eigenvalue weighted by Gasteiger charge is -2.07. The van der Waals surface area contributed by atoms with Crippen LogP contribution in [-0.2, 0) is 0 Å². The van der Waals surface area contributed by atoms with Crippen molar-refractivity contribution in [3.8, 4) is 6.07 Å². The molecule has 0 bridgehead atoms. The molecule has 1 aromatic heterocycles. The highest BCUT2D eigenvalue weighted by molar-refractivity contribution is 5.80. The number of H-pyrrole nitrogens is 1. The largest absolute Gasteiger partial charge is 0.357 e. The van der Waals surface area contributed by atoms with Gasteiger partial charge in [0.05, 0.1) is 6.07 Å². The summed E-state index contributed by atoms with van der Waals surface area (Å²) < 4.78 is 12.9.